The molecule has 0 heterocycles. The number of nitrogens with one attached hydrogen (secondary N) is 1. The van der Waals surface area contributed by atoms with Gasteiger partial charge in [0.25, 0.3) is 0 Å². The number of Topliss-reactive ketones (excluding diaryl/α,β-unsaturated/α-hetero) is 1. The molecule has 118 valence electrons. The number of ketones is 1. The van der Waals surface area contributed by atoms with Gasteiger partial charge in [0.1, 0.15) is 18.3 Å². The van der Waals surface area contributed by atoms with Gasteiger partial charge in [-0.25, -0.2) is 0 Å². The standard InChI is InChI=1S/C12H23NO7/c1-2-3-4-13-5-10(17)20-7-9(16)12(19)11(18)8(15)6-14/h8,11-15,18-19H,2-7H2,1H3/t8-,11-,12-/m1/s1. The first kappa shape index (κ1) is 18.9. The minimum Gasteiger partial charge on any atom is -0.457 e. The van der Waals surface area contributed by atoms with Gasteiger partial charge in [-0.15, -0.1) is 0 Å². The van der Waals surface area contributed by atoms with Gasteiger partial charge in [0, 0.05) is 0 Å². The Labute approximate surface area is 117 Å². The van der Waals surface area contributed by atoms with E-state index in [1.165, 1.54) is 0 Å². The lowest BCUT2D eigenvalue weighted by Gasteiger charge is -2.20. The van der Waals surface area contributed by atoms with Crippen LogP contribution in [0.5, 0.6) is 0 Å². The number of aliphatic hydroxyl groups excluding tert-OH is 4. The van der Waals surface area contributed by atoms with Gasteiger partial charge in [0.15, 0.2) is 6.61 Å². The molecule has 0 fully saturated rings. The summed E-state index contributed by atoms with van der Waals surface area (Å²) >= 11 is 0. The summed E-state index contributed by atoms with van der Waals surface area (Å²) in [5, 5.41) is 39.1. The molecule has 0 aromatic rings. The topological polar surface area (TPSA) is 136 Å². The van der Waals surface area contributed by atoms with Crippen LogP contribution < -0.4 is 5.32 Å². The fraction of sp³-hybridized carbons (Fsp3) is 0.833. The van der Waals surface area contributed by atoms with Gasteiger partial charge in [-0.1, -0.05) is 13.3 Å². The van der Waals surface area contributed by atoms with E-state index in [1.807, 2.05) is 6.92 Å². The molecule has 0 aliphatic heterocycles. The number of hydrogen-bond donors (Lipinski definition) is 5. The van der Waals surface area contributed by atoms with Crippen molar-refractivity contribution in [3.63, 3.8) is 0 Å². The van der Waals surface area contributed by atoms with Gasteiger partial charge in [0.05, 0.1) is 13.2 Å². The molecule has 0 spiro atoms. The molecule has 0 aromatic heterocycles. The summed E-state index contributed by atoms with van der Waals surface area (Å²) in [7, 11) is 0. The van der Waals surface area contributed by atoms with Crippen molar-refractivity contribution in [3.8, 4) is 0 Å². The van der Waals surface area contributed by atoms with E-state index in [4.69, 9.17) is 10.2 Å². The van der Waals surface area contributed by atoms with E-state index >= 15 is 0 Å². The Hall–Kier alpha value is -1.06. The molecule has 8 heteroatoms. The van der Waals surface area contributed by atoms with E-state index in [9.17, 15) is 19.8 Å². The van der Waals surface area contributed by atoms with Crippen molar-refractivity contribution in [2.45, 2.75) is 38.1 Å². The molecule has 0 aromatic carbocycles. The molecule has 0 unspecified atom stereocenters. The van der Waals surface area contributed by atoms with Crippen LogP contribution in [0.25, 0.3) is 0 Å². The van der Waals surface area contributed by atoms with Gasteiger partial charge in [0.2, 0.25) is 5.78 Å². The summed E-state index contributed by atoms with van der Waals surface area (Å²) in [6.45, 7) is 1.11. The molecule has 8 nitrogen and oxygen atoms in total. The van der Waals surface area contributed by atoms with Crippen LogP contribution in [0.1, 0.15) is 19.8 Å². The quantitative estimate of drug-likeness (QED) is 0.209. The maximum absolute atomic E-state index is 11.4. The third kappa shape index (κ3) is 7.51. The summed E-state index contributed by atoms with van der Waals surface area (Å²) in [4.78, 5) is 22.6. The zero-order chi connectivity index (χ0) is 15.5. The summed E-state index contributed by atoms with van der Waals surface area (Å²) < 4.78 is 4.60. The molecule has 0 aliphatic carbocycles. The highest BCUT2D eigenvalue weighted by atomic mass is 16.5. The van der Waals surface area contributed by atoms with Gasteiger partial charge in [-0.05, 0) is 13.0 Å². The highest BCUT2D eigenvalue weighted by Gasteiger charge is 2.30. The molecule has 20 heavy (non-hydrogen) atoms. The number of esters is 1. The van der Waals surface area contributed by atoms with Crippen LogP contribution >= 0.6 is 0 Å². The highest BCUT2D eigenvalue weighted by Crippen LogP contribution is 2.01. The van der Waals surface area contributed by atoms with E-state index in [2.05, 4.69) is 10.1 Å². The highest BCUT2D eigenvalue weighted by molar-refractivity contribution is 5.86. The van der Waals surface area contributed by atoms with Crippen molar-refractivity contribution < 1.29 is 34.8 Å². The van der Waals surface area contributed by atoms with Crippen LogP contribution in [-0.2, 0) is 14.3 Å². The summed E-state index contributed by atoms with van der Waals surface area (Å²) in [6, 6.07) is 0. The predicted octanol–water partition coefficient (Wildman–Crippen LogP) is -2.44. The zero-order valence-corrected chi connectivity index (χ0v) is 11.5. The maximum atomic E-state index is 11.4. The summed E-state index contributed by atoms with van der Waals surface area (Å²) in [6.07, 6.45) is -3.49. The second-order valence-corrected chi connectivity index (χ2v) is 4.34. The third-order valence-corrected chi connectivity index (χ3v) is 2.59. The monoisotopic (exact) mass is 293 g/mol. The van der Waals surface area contributed by atoms with Gasteiger partial charge in [-0.2, -0.15) is 0 Å². The molecule has 0 rings (SSSR count). The van der Waals surface area contributed by atoms with E-state index in [0.717, 1.165) is 12.8 Å². The SMILES string of the molecule is CCCCNCC(=O)OCC(=O)[C@@H](O)[C@H](O)[C@H](O)CO. The first-order chi connectivity index (χ1) is 9.43. The molecular formula is C12H23NO7. The van der Waals surface area contributed by atoms with Crippen LogP contribution in [-0.4, -0.2) is 76.8 Å². The Morgan fingerprint density at radius 1 is 1.25 bits per heavy atom. The second kappa shape index (κ2) is 10.7. The predicted molar refractivity (Wildman–Crippen MR) is 68.8 cm³/mol. The van der Waals surface area contributed by atoms with Crippen LogP contribution in [0.2, 0.25) is 0 Å². The maximum Gasteiger partial charge on any atom is 0.320 e. The molecule has 3 atom stereocenters. The van der Waals surface area contributed by atoms with Crippen molar-refractivity contribution >= 4 is 11.8 Å². The van der Waals surface area contributed by atoms with Crippen molar-refractivity contribution in [2.75, 3.05) is 26.3 Å². The fourth-order valence-electron chi connectivity index (χ4n) is 1.29. The molecule has 5 N–H and O–H groups in total. The van der Waals surface area contributed by atoms with Gasteiger partial charge in [-0.3, -0.25) is 9.59 Å². The molecule has 0 bridgehead atoms. The van der Waals surface area contributed by atoms with E-state index in [1.54, 1.807) is 0 Å². The normalized spacial score (nSPS) is 15.4. The molecule has 0 saturated carbocycles. The zero-order valence-electron chi connectivity index (χ0n) is 11.5. The minimum atomic E-state index is -1.92. The number of ether oxygens (including phenoxy) is 1. The van der Waals surface area contributed by atoms with Crippen molar-refractivity contribution in [3.05, 3.63) is 0 Å². The molecule has 0 amide bonds. The largest absolute Gasteiger partial charge is 0.457 e. The van der Waals surface area contributed by atoms with Crippen LogP contribution in [0.4, 0.5) is 0 Å². The molecule has 0 aliphatic rings. The number of rotatable bonds is 11. The lowest BCUT2D eigenvalue weighted by molar-refractivity contribution is -0.154. The number of carbonyl (C=O) groups is 2. The van der Waals surface area contributed by atoms with E-state index < -0.39 is 43.3 Å². The first-order valence-electron chi connectivity index (χ1n) is 6.48. The first-order valence-corrected chi connectivity index (χ1v) is 6.48. The van der Waals surface area contributed by atoms with E-state index in [-0.39, 0.29) is 6.54 Å². The average Bonchev–Trinajstić information content (AvgIpc) is 2.46. The van der Waals surface area contributed by atoms with Crippen LogP contribution in [0.15, 0.2) is 0 Å². The number of carbonyl (C=O) groups excluding carboxylic acids is 2. The minimum absolute atomic E-state index is 0.0504. The Morgan fingerprint density at radius 3 is 2.45 bits per heavy atom. The fourth-order valence-corrected chi connectivity index (χ4v) is 1.29. The lowest BCUT2D eigenvalue weighted by atomic mass is 10.1. The molecule has 0 radical (unpaired) electrons. The molecule has 0 saturated heterocycles. The summed E-state index contributed by atoms with van der Waals surface area (Å²) in [5.74, 6) is -1.61. The Kier molecular flexibility index (Phi) is 10.1. The summed E-state index contributed by atoms with van der Waals surface area (Å²) in [5.41, 5.74) is 0. The number of unbranched alkanes of at least 4 members (excludes halogenated alkanes) is 1. The van der Waals surface area contributed by atoms with E-state index in [0.29, 0.717) is 6.54 Å². The Morgan fingerprint density at radius 2 is 1.90 bits per heavy atom. The van der Waals surface area contributed by atoms with Crippen molar-refractivity contribution in [1.29, 1.82) is 0 Å². The number of hydrogen-bond acceptors (Lipinski definition) is 8. The van der Waals surface area contributed by atoms with Crippen molar-refractivity contribution in [1.82, 2.24) is 5.32 Å². The van der Waals surface area contributed by atoms with Gasteiger partial charge < -0.3 is 30.5 Å². The smallest absolute Gasteiger partial charge is 0.320 e. The average molecular weight is 293 g/mol. The van der Waals surface area contributed by atoms with Crippen LogP contribution in [0.3, 0.4) is 0 Å². The van der Waals surface area contributed by atoms with Gasteiger partial charge >= 0.3 is 5.97 Å². The number of aliphatic hydroxyl groups is 4. The Balaban J connectivity index is 3.94. The molecular weight excluding hydrogens is 270 g/mol. The van der Waals surface area contributed by atoms with Crippen LogP contribution in [0, 0.1) is 0 Å². The Bertz CT molecular complexity index is 298. The lowest BCUT2D eigenvalue weighted by Crippen LogP contribution is -2.45. The second-order valence-electron chi connectivity index (χ2n) is 4.34. The third-order valence-electron chi connectivity index (χ3n) is 2.59. The van der Waals surface area contributed by atoms with Crippen molar-refractivity contribution in [2.24, 2.45) is 0 Å².